The summed E-state index contributed by atoms with van der Waals surface area (Å²) in [6, 6.07) is 19.1. The van der Waals surface area contributed by atoms with Gasteiger partial charge >= 0.3 is 0 Å². The Balaban J connectivity index is 1.93. The van der Waals surface area contributed by atoms with Crippen molar-refractivity contribution in [3.05, 3.63) is 71.3 Å². The van der Waals surface area contributed by atoms with Crippen LogP contribution in [-0.2, 0) is 0 Å². The van der Waals surface area contributed by atoms with Gasteiger partial charge in [-0.3, -0.25) is 14.5 Å². The first-order chi connectivity index (χ1) is 13.7. The van der Waals surface area contributed by atoms with Gasteiger partial charge in [-0.25, -0.2) is 0 Å². The maximum absolute atomic E-state index is 13.1. The SMILES string of the molecule is CCCCN1C(=O)c2cccc3c(C#N)c(Sc4ccccc4)cc(c23)C1=O. The van der Waals surface area contributed by atoms with Crippen molar-refractivity contribution >= 4 is 34.3 Å². The minimum Gasteiger partial charge on any atom is -0.274 e. The summed E-state index contributed by atoms with van der Waals surface area (Å²) in [5.41, 5.74) is 1.49. The molecule has 0 saturated heterocycles. The lowest BCUT2D eigenvalue weighted by atomic mass is 9.91. The first kappa shape index (κ1) is 18.3. The van der Waals surface area contributed by atoms with E-state index in [0.29, 0.717) is 34.0 Å². The van der Waals surface area contributed by atoms with Gasteiger partial charge in [-0.15, -0.1) is 0 Å². The fourth-order valence-electron chi connectivity index (χ4n) is 3.52. The minimum absolute atomic E-state index is 0.274. The minimum atomic E-state index is -0.276. The van der Waals surface area contributed by atoms with Crippen molar-refractivity contribution in [3.63, 3.8) is 0 Å². The molecule has 5 heteroatoms. The van der Waals surface area contributed by atoms with Crippen molar-refractivity contribution in [2.75, 3.05) is 6.54 Å². The lowest BCUT2D eigenvalue weighted by Gasteiger charge is -2.28. The van der Waals surface area contributed by atoms with Crippen LogP contribution in [0.3, 0.4) is 0 Å². The first-order valence-corrected chi connectivity index (χ1v) is 10.1. The molecule has 0 saturated carbocycles. The third kappa shape index (κ3) is 2.96. The van der Waals surface area contributed by atoms with E-state index in [0.717, 1.165) is 22.6 Å². The number of nitrogens with zero attached hydrogens (tertiary/aromatic N) is 2. The molecular formula is C23H18N2O2S. The molecule has 4 nitrogen and oxygen atoms in total. The molecule has 0 fully saturated rings. The second kappa shape index (κ2) is 7.49. The van der Waals surface area contributed by atoms with Crippen molar-refractivity contribution in [2.24, 2.45) is 0 Å². The fraction of sp³-hybridized carbons (Fsp3) is 0.174. The Morgan fingerprint density at radius 2 is 1.75 bits per heavy atom. The van der Waals surface area contributed by atoms with E-state index in [2.05, 4.69) is 6.07 Å². The summed E-state index contributed by atoms with van der Waals surface area (Å²) in [5.74, 6) is -0.551. The molecule has 0 atom stereocenters. The smallest absolute Gasteiger partial charge is 0.261 e. The highest BCUT2D eigenvalue weighted by Gasteiger charge is 2.33. The predicted octanol–water partition coefficient (Wildman–Crippen LogP) is 5.26. The maximum atomic E-state index is 13.1. The number of carbonyl (C=O) groups is 2. The molecule has 3 aromatic rings. The van der Waals surface area contributed by atoms with E-state index in [4.69, 9.17) is 0 Å². The second-order valence-electron chi connectivity index (χ2n) is 6.67. The molecule has 0 radical (unpaired) electrons. The average Bonchev–Trinajstić information content (AvgIpc) is 2.72. The Morgan fingerprint density at radius 1 is 1.00 bits per heavy atom. The predicted molar refractivity (Wildman–Crippen MR) is 110 cm³/mol. The summed E-state index contributed by atoms with van der Waals surface area (Å²) in [6.07, 6.45) is 1.67. The third-order valence-electron chi connectivity index (χ3n) is 4.89. The van der Waals surface area contributed by atoms with Gasteiger partial charge in [0, 0.05) is 38.2 Å². The van der Waals surface area contributed by atoms with Crippen molar-refractivity contribution < 1.29 is 9.59 Å². The van der Waals surface area contributed by atoms with E-state index < -0.39 is 0 Å². The molecule has 0 aliphatic carbocycles. The van der Waals surface area contributed by atoms with Gasteiger partial charge in [0.1, 0.15) is 6.07 Å². The van der Waals surface area contributed by atoms with Gasteiger partial charge < -0.3 is 0 Å². The maximum Gasteiger partial charge on any atom is 0.261 e. The number of carbonyl (C=O) groups excluding carboxylic acids is 2. The molecule has 2 amide bonds. The molecule has 3 aromatic carbocycles. The Kier molecular flexibility index (Phi) is 4.89. The normalized spacial score (nSPS) is 13.1. The zero-order valence-corrected chi connectivity index (χ0v) is 16.3. The van der Waals surface area contributed by atoms with Gasteiger partial charge in [0.05, 0.1) is 5.56 Å². The first-order valence-electron chi connectivity index (χ1n) is 9.24. The molecule has 4 rings (SSSR count). The molecule has 0 N–H and O–H groups in total. The average molecular weight is 386 g/mol. The van der Waals surface area contributed by atoms with Crippen molar-refractivity contribution in [3.8, 4) is 6.07 Å². The Hall–Kier alpha value is -3.10. The summed E-state index contributed by atoms with van der Waals surface area (Å²) in [5, 5.41) is 11.1. The van der Waals surface area contributed by atoms with E-state index in [1.165, 1.54) is 16.7 Å². The number of amides is 2. The number of unbranched alkanes of at least 4 members (excludes halogenated alkanes) is 1. The zero-order chi connectivity index (χ0) is 19.7. The molecule has 138 valence electrons. The van der Waals surface area contributed by atoms with Crippen LogP contribution in [0, 0.1) is 11.3 Å². The lowest BCUT2D eigenvalue weighted by Crippen LogP contribution is -2.41. The number of rotatable bonds is 5. The summed E-state index contributed by atoms with van der Waals surface area (Å²) < 4.78 is 0. The molecule has 1 aliphatic heterocycles. The quantitative estimate of drug-likeness (QED) is 0.561. The molecule has 28 heavy (non-hydrogen) atoms. The number of benzene rings is 3. The number of hydrogen-bond donors (Lipinski definition) is 0. The molecule has 1 heterocycles. The van der Waals surface area contributed by atoms with Gasteiger partial charge in [0.25, 0.3) is 11.8 Å². The highest BCUT2D eigenvalue weighted by Crippen LogP contribution is 2.39. The monoisotopic (exact) mass is 386 g/mol. The summed E-state index contributed by atoms with van der Waals surface area (Å²) >= 11 is 1.46. The van der Waals surface area contributed by atoms with Crippen molar-refractivity contribution in [1.82, 2.24) is 4.90 Å². The van der Waals surface area contributed by atoms with Crippen LogP contribution in [0.1, 0.15) is 46.0 Å². The summed E-state index contributed by atoms with van der Waals surface area (Å²) in [6.45, 7) is 2.44. The molecule has 0 spiro atoms. The van der Waals surface area contributed by atoms with E-state index >= 15 is 0 Å². The molecular weight excluding hydrogens is 368 g/mol. The van der Waals surface area contributed by atoms with Crippen LogP contribution in [0.15, 0.2) is 64.4 Å². The van der Waals surface area contributed by atoms with Crippen LogP contribution < -0.4 is 0 Å². The topological polar surface area (TPSA) is 61.2 Å². The molecule has 0 bridgehead atoms. The Bertz CT molecular complexity index is 1130. The largest absolute Gasteiger partial charge is 0.274 e. The number of nitriles is 1. The number of imide groups is 1. The molecule has 0 aromatic heterocycles. The number of hydrogen-bond acceptors (Lipinski definition) is 4. The van der Waals surface area contributed by atoms with Gasteiger partial charge in [0.15, 0.2) is 0 Å². The van der Waals surface area contributed by atoms with Gasteiger partial charge in [-0.1, -0.05) is 55.4 Å². The van der Waals surface area contributed by atoms with Crippen LogP contribution in [0.2, 0.25) is 0 Å². The lowest BCUT2D eigenvalue weighted by molar-refractivity contribution is 0.0608. The highest BCUT2D eigenvalue weighted by molar-refractivity contribution is 7.99. The Labute approximate surface area is 167 Å². The highest BCUT2D eigenvalue weighted by atomic mass is 32.2. The second-order valence-corrected chi connectivity index (χ2v) is 7.78. The molecule has 0 unspecified atom stereocenters. The standard InChI is InChI=1S/C23H18N2O2S/c1-2-3-12-25-22(26)17-11-7-10-16-19(14-24)20(13-18(21(16)17)23(25)27)28-15-8-5-4-6-9-15/h4-11,13H,2-3,12H2,1H3. The van der Waals surface area contributed by atoms with E-state index in [-0.39, 0.29) is 11.8 Å². The van der Waals surface area contributed by atoms with E-state index in [1.807, 2.05) is 43.3 Å². The van der Waals surface area contributed by atoms with Crippen LogP contribution >= 0.6 is 11.8 Å². The van der Waals surface area contributed by atoms with Crippen LogP contribution in [0.25, 0.3) is 10.8 Å². The summed E-state index contributed by atoms with van der Waals surface area (Å²) in [7, 11) is 0. The fourth-order valence-corrected chi connectivity index (χ4v) is 4.50. The van der Waals surface area contributed by atoms with Crippen molar-refractivity contribution in [2.45, 2.75) is 29.6 Å². The van der Waals surface area contributed by atoms with E-state index in [9.17, 15) is 14.9 Å². The molecule has 1 aliphatic rings. The Morgan fingerprint density at radius 3 is 2.46 bits per heavy atom. The summed E-state index contributed by atoms with van der Waals surface area (Å²) in [4.78, 5) is 29.1. The third-order valence-corrected chi connectivity index (χ3v) is 5.94. The van der Waals surface area contributed by atoms with Crippen LogP contribution in [-0.4, -0.2) is 23.3 Å². The van der Waals surface area contributed by atoms with Crippen LogP contribution in [0.5, 0.6) is 0 Å². The van der Waals surface area contributed by atoms with Gasteiger partial charge in [-0.05, 0) is 30.7 Å². The van der Waals surface area contributed by atoms with Gasteiger partial charge in [-0.2, -0.15) is 5.26 Å². The van der Waals surface area contributed by atoms with E-state index in [1.54, 1.807) is 18.2 Å². The zero-order valence-electron chi connectivity index (χ0n) is 15.4. The van der Waals surface area contributed by atoms with Crippen LogP contribution in [0.4, 0.5) is 0 Å². The van der Waals surface area contributed by atoms with Crippen molar-refractivity contribution in [1.29, 1.82) is 5.26 Å². The van der Waals surface area contributed by atoms with Gasteiger partial charge in [0.2, 0.25) is 0 Å².